The number of hydrogen-bond donors (Lipinski definition) is 0. The Labute approximate surface area is 76.8 Å². The monoisotopic (exact) mass is 197 g/mol. The van der Waals surface area contributed by atoms with E-state index in [1.165, 1.54) is 31.2 Å². The molecule has 0 bridgehead atoms. The molecule has 0 aromatic carbocycles. The highest BCUT2D eigenvalue weighted by molar-refractivity contribution is 7.73. The molecular formula is C8H7NO3S. The van der Waals surface area contributed by atoms with Crippen molar-refractivity contribution in [2.75, 3.05) is 0 Å². The van der Waals surface area contributed by atoms with E-state index in [0.29, 0.717) is 5.71 Å². The summed E-state index contributed by atoms with van der Waals surface area (Å²) in [6.07, 6.45) is 5.74. The average molecular weight is 197 g/mol. The summed E-state index contributed by atoms with van der Waals surface area (Å²) < 4.78 is 20.9. The molecule has 13 heavy (non-hydrogen) atoms. The lowest BCUT2D eigenvalue weighted by atomic mass is 10.2. The van der Waals surface area contributed by atoms with E-state index < -0.39 is 10.3 Å². The molecule has 0 atom stereocenters. The average Bonchev–Trinajstić information content (AvgIpc) is 2.04. The summed E-state index contributed by atoms with van der Waals surface area (Å²) in [6, 6.07) is 0. The van der Waals surface area contributed by atoms with Crippen LogP contribution in [-0.4, -0.2) is 24.9 Å². The summed E-state index contributed by atoms with van der Waals surface area (Å²) in [5.41, 5.74) is 0.460. The van der Waals surface area contributed by atoms with Crippen molar-refractivity contribution in [2.45, 2.75) is 6.92 Å². The molecule has 0 N–H and O–H groups in total. The van der Waals surface area contributed by atoms with Gasteiger partial charge in [0.25, 0.3) is 0 Å². The number of nitrogens with zero attached hydrogens (tertiary/aromatic N) is 1. The molecule has 0 aromatic rings. The number of aliphatic imine (C=N–C) groups is 1. The van der Waals surface area contributed by atoms with Gasteiger partial charge in [-0.3, -0.25) is 4.79 Å². The Hall–Kier alpha value is -1.49. The van der Waals surface area contributed by atoms with Crippen molar-refractivity contribution in [3.8, 4) is 0 Å². The van der Waals surface area contributed by atoms with Crippen LogP contribution in [0.1, 0.15) is 6.92 Å². The van der Waals surface area contributed by atoms with E-state index in [9.17, 15) is 13.2 Å². The minimum Gasteiger partial charge on any atom is -0.273 e. The molecule has 0 fully saturated rings. The van der Waals surface area contributed by atoms with Gasteiger partial charge in [-0.05, 0) is 24.3 Å². The van der Waals surface area contributed by atoms with Crippen LogP contribution in [0, 0.1) is 0 Å². The van der Waals surface area contributed by atoms with Crippen molar-refractivity contribution in [3.05, 3.63) is 24.3 Å². The third-order valence-electron chi connectivity index (χ3n) is 1.32. The molecule has 0 aromatic heterocycles. The lowest BCUT2D eigenvalue weighted by Gasteiger charge is -1.96. The van der Waals surface area contributed by atoms with Gasteiger partial charge in [-0.15, -0.1) is 0 Å². The van der Waals surface area contributed by atoms with Crippen molar-refractivity contribution in [1.29, 1.82) is 0 Å². The van der Waals surface area contributed by atoms with E-state index >= 15 is 0 Å². The van der Waals surface area contributed by atoms with E-state index in [2.05, 4.69) is 4.99 Å². The minimum atomic E-state index is -2.23. The maximum Gasteiger partial charge on any atom is 0.243 e. The maximum atomic E-state index is 10.5. The number of carbonyl (C=O) groups is 1. The third-order valence-corrected chi connectivity index (χ3v) is 1.97. The van der Waals surface area contributed by atoms with Crippen LogP contribution in [-0.2, 0) is 15.1 Å². The molecule has 0 heterocycles. The van der Waals surface area contributed by atoms with Gasteiger partial charge in [0.2, 0.25) is 16.2 Å². The highest BCUT2D eigenvalue weighted by Gasteiger charge is 2.00. The third kappa shape index (κ3) is 2.79. The first kappa shape index (κ1) is 9.60. The lowest BCUT2D eigenvalue weighted by Crippen LogP contribution is -2.02. The molecule has 68 valence electrons. The fourth-order valence-electron chi connectivity index (χ4n) is 0.814. The predicted molar refractivity (Wildman–Crippen MR) is 50.3 cm³/mol. The van der Waals surface area contributed by atoms with Gasteiger partial charge >= 0.3 is 0 Å². The Bertz CT molecular complexity index is 426. The molecule has 0 saturated heterocycles. The number of carbonyl (C=O) groups excluding carboxylic acids is 1. The largest absolute Gasteiger partial charge is 0.273 e. The lowest BCUT2D eigenvalue weighted by molar-refractivity contribution is -0.115. The first-order valence-electron chi connectivity index (χ1n) is 3.51. The summed E-state index contributed by atoms with van der Waals surface area (Å²) in [4.78, 5) is 14.3. The fourth-order valence-corrected chi connectivity index (χ4v) is 1.17. The molecule has 1 aliphatic rings. The molecule has 5 heteroatoms. The van der Waals surface area contributed by atoms with Crippen LogP contribution in [0.25, 0.3) is 0 Å². The maximum absolute atomic E-state index is 10.5. The fraction of sp³-hybridized carbons (Fsp3) is 0.125. The van der Waals surface area contributed by atoms with Crippen molar-refractivity contribution in [1.82, 2.24) is 0 Å². The van der Waals surface area contributed by atoms with Crippen LogP contribution < -0.4 is 0 Å². The Morgan fingerprint density at radius 1 is 1.23 bits per heavy atom. The summed E-state index contributed by atoms with van der Waals surface area (Å²) >= 11 is 0. The van der Waals surface area contributed by atoms with Crippen LogP contribution in [0.5, 0.6) is 0 Å². The van der Waals surface area contributed by atoms with Gasteiger partial charge in [0.15, 0.2) is 0 Å². The van der Waals surface area contributed by atoms with Crippen LogP contribution in [0.15, 0.2) is 29.3 Å². The van der Waals surface area contributed by atoms with Crippen LogP contribution in [0.3, 0.4) is 0 Å². The minimum absolute atomic E-state index is 0.183. The highest BCUT2D eigenvalue weighted by atomic mass is 32.2. The Kier molecular flexibility index (Phi) is 2.92. The summed E-state index contributed by atoms with van der Waals surface area (Å²) in [5.74, 6) is -0.309. The molecule has 0 unspecified atom stereocenters. The van der Waals surface area contributed by atoms with E-state index in [1.807, 2.05) is 0 Å². The topological polar surface area (TPSA) is 63.6 Å². The van der Waals surface area contributed by atoms with E-state index in [-0.39, 0.29) is 10.8 Å². The molecule has 4 nitrogen and oxygen atoms in total. The highest BCUT2D eigenvalue weighted by Crippen LogP contribution is 1.96. The summed E-state index contributed by atoms with van der Waals surface area (Å²) in [7, 11) is -2.23. The van der Waals surface area contributed by atoms with Gasteiger partial charge in [-0.25, -0.2) is 4.99 Å². The standard InChI is InChI=1S/C8H7NO3S/c1-6(10)9-7-2-4-8(5-3-7)13(11)12/h2-5H,1H3. The molecule has 0 radical (unpaired) electrons. The van der Waals surface area contributed by atoms with Crippen LogP contribution >= 0.6 is 0 Å². The van der Waals surface area contributed by atoms with Crippen molar-refractivity contribution >= 4 is 26.8 Å². The van der Waals surface area contributed by atoms with Gasteiger partial charge in [0, 0.05) is 6.92 Å². The smallest absolute Gasteiger partial charge is 0.243 e. The molecule has 1 amide bonds. The second kappa shape index (κ2) is 3.95. The zero-order valence-corrected chi connectivity index (χ0v) is 7.71. The van der Waals surface area contributed by atoms with Gasteiger partial charge in [-0.1, -0.05) is 0 Å². The van der Waals surface area contributed by atoms with E-state index in [1.54, 1.807) is 0 Å². The zero-order chi connectivity index (χ0) is 9.84. The number of rotatable bonds is 0. The van der Waals surface area contributed by atoms with Gasteiger partial charge < -0.3 is 0 Å². The van der Waals surface area contributed by atoms with Crippen LogP contribution in [0.4, 0.5) is 0 Å². The normalized spacial score (nSPS) is 14.5. The van der Waals surface area contributed by atoms with Crippen LogP contribution in [0.2, 0.25) is 0 Å². The van der Waals surface area contributed by atoms with Gasteiger partial charge in [-0.2, -0.15) is 8.42 Å². The van der Waals surface area contributed by atoms with E-state index in [4.69, 9.17) is 0 Å². The summed E-state index contributed by atoms with van der Waals surface area (Å²) in [6.45, 7) is 1.33. The molecule has 1 aliphatic carbocycles. The number of amides is 1. The molecule has 1 rings (SSSR count). The zero-order valence-electron chi connectivity index (χ0n) is 6.89. The van der Waals surface area contributed by atoms with Gasteiger partial charge in [0.05, 0.1) is 10.6 Å². The predicted octanol–water partition coefficient (Wildman–Crippen LogP) is 0.151. The SMILES string of the molecule is CC(=O)N=C1C=CC(=S(=O)=O)C=C1. The first-order chi connectivity index (χ1) is 6.09. The summed E-state index contributed by atoms with van der Waals surface area (Å²) in [5, 5.41) is 0. The second-order valence-corrected chi connectivity index (χ2v) is 3.30. The second-order valence-electron chi connectivity index (χ2n) is 2.36. The Balaban J connectivity index is 3.00. The number of hydrogen-bond acceptors (Lipinski definition) is 3. The molecule has 0 aliphatic heterocycles. The van der Waals surface area contributed by atoms with Crippen molar-refractivity contribution in [2.24, 2.45) is 4.99 Å². The number of allylic oxidation sites excluding steroid dienone is 4. The Morgan fingerprint density at radius 3 is 2.15 bits per heavy atom. The van der Waals surface area contributed by atoms with Crippen molar-refractivity contribution in [3.63, 3.8) is 0 Å². The van der Waals surface area contributed by atoms with Crippen molar-refractivity contribution < 1.29 is 13.2 Å². The molecule has 0 spiro atoms. The molecule has 0 saturated carbocycles. The van der Waals surface area contributed by atoms with E-state index in [0.717, 1.165) is 0 Å². The quantitative estimate of drug-likeness (QED) is 0.519. The molecular weight excluding hydrogens is 190 g/mol. The Morgan fingerprint density at radius 2 is 1.77 bits per heavy atom. The van der Waals surface area contributed by atoms with Gasteiger partial charge in [0.1, 0.15) is 0 Å². The first-order valence-corrected chi connectivity index (χ1v) is 4.59.